The van der Waals surface area contributed by atoms with E-state index in [-0.39, 0.29) is 22.9 Å². The molecule has 1 rings (SSSR count). The lowest BCUT2D eigenvalue weighted by Gasteiger charge is -2.16. The van der Waals surface area contributed by atoms with Gasteiger partial charge >= 0.3 is 0 Å². The van der Waals surface area contributed by atoms with Crippen molar-refractivity contribution in [2.24, 2.45) is 0 Å². The minimum Gasteiger partial charge on any atom is -0.504 e. The van der Waals surface area contributed by atoms with Crippen molar-refractivity contribution in [1.29, 1.82) is 0 Å². The summed E-state index contributed by atoms with van der Waals surface area (Å²) in [4.78, 5) is 0.217. The number of aliphatic hydroxyl groups is 1. The Morgan fingerprint density at radius 1 is 1.33 bits per heavy atom. The van der Waals surface area contributed by atoms with Gasteiger partial charge in [0.25, 0.3) is 0 Å². The lowest BCUT2D eigenvalue weighted by molar-refractivity contribution is 0.138. The zero-order chi connectivity index (χ0) is 15.7. The van der Waals surface area contributed by atoms with Crippen LogP contribution in [0.4, 0.5) is 0 Å². The molecule has 86 valence electrons. The molecule has 5 heteroatoms. The van der Waals surface area contributed by atoms with Crippen LogP contribution in [0.5, 0.6) is 11.5 Å². The van der Waals surface area contributed by atoms with E-state index in [4.69, 9.17) is 13.3 Å². The lowest BCUT2D eigenvalue weighted by Crippen LogP contribution is -2.19. The van der Waals surface area contributed by atoms with E-state index >= 15 is 0 Å². The van der Waals surface area contributed by atoms with E-state index in [2.05, 4.69) is 0 Å². The van der Waals surface area contributed by atoms with Crippen LogP contribution in [0.25, 0.3) is 0 Å². The van der Waals surface area contributed by atoms with Gasteiger partial charge in [-0.05, 0) is 31.6 Å². The highest BCUT2D eigenvalue weighted by molar-refractivity contribution is 5.85. The number of benzene rings is 1. The summed E-state index contributed by atoms with van der Waals surface area (Å²) in [5, 5.41) is 28.3. The third-order valence-electron chi connectivity index (χ3n) is 1.74. The number of hydrogen-bond acceptors (Lipinski definition) is 4. The number of likely N-dealkylation sites (N-methyl/N-ethyl adjacent to an activating group) is 1. The van der Waals surface area contributed by atoms with E-state index in [1.807, 2.05) is 0 Å². The molecule has 1 aromatic rings. The molecule has 0 aromatic heterocycles. The maximum Gasteiger partial charge on any atom is 0.157 e. The van der Waals surface area contributed by atoms with Crippen LogP contribution in [0.2, 0.25) is 0 Å². The molecule has 0 aliphatic carbocycles. The minimum absolute atomic E-state index is 0. The first kappa shape index (κ1) is 6.58. The summed E-state index contributed by atoms with van der Waals surface area (Å²) in [6.45, 7) is -6.46. The highest BCUT2D eigenvalue weighted by atomic mass is 35.5. The molecule has 0 radical (unpaired) electrons. The van der Waals surface area contributed by atoms with Crippen molar-refractivity contribution < 1.29 is 23.5 Å². The molecule has 15 heavy (non-hydrogen) atoms. The summed E-state index contributed by atoms with van der Waals surface area (Å²) in [6.07, 6.45) is -1.44. The Labute approximate surface area is 104 Å². The van der Waals surface area contributed by atoms with Gasteiger partial charge in [0.2, 0.25) is 0 Å². The number of rotatable bonds is 3. The summed E-state index contributed by atoms with van der Waals surface area (Å²) in [6, 6.07) is 3.41. The standard InChI is InChI=1S/C10H15NO3.ClH/c1-11(2)6-10(14)7-3-4-8(12)9(13)5-7;/h3-5,10,12-14H,6H2,1-2H3;1H/i1D3,2D3;. The molecule has 0 spiro atoms. The van der Waals surface area contributed by atoms with Crippen molar-refractivity contribution in [1.82, 2.24) is 4.90 Å². The molecule has 1 aromatic carbocycles. The number of hydrogen-bond donors (Lipinski definition) is 3. The van der Waals surface area contributed by atoms with Gasteiger partial charge in [-0.25, -0.2) is 0 Å². The predicted octanol–water partition coefficient (Wildman–Crippen LogP) is 1.11. The number of aromatic hydroxyl groups is 2. The van der Waals surface area contributed by atoms with Crippen molar-refractivity contribution >= 4 is 12.4 Å². The molecule has 1 unspecified atom stereocenters. The Bertz CT molecular complexity index is 465. The predicted molar refractivity (Wildman–Crippen MR) is 60.5 cm³/mol. The van der Waals surface area contributed by atoms with Crippen molar-refractivity contribution in [3.8, 4) is 11.5 Å². The first-order chi connectivity index (χ1) is 8.93. The van der Waals surface area contributed by atoms with Gasteiger partial charge < -0.3 is 20.2 Å². The van der Waals surface area contributed by atoms with Crippen molar-refractivity contribution in [3.63, 3.8) is 0 Å². The van der Waals surface area contributed by atoms with Crippen LogP contribution in [-0.2, 0) is 0 Å². The fraction of sp³-hybridized carbons (Fsp3) is 0.400. The Morgan fingerprint density at radius 2 is 2.00 bits per heavy atom. The molecule has 0 saturated heterocycles. The van der Waals surface area contributed by atoms with Crippen LogP contribution in [-0.4, -0.2) is 40.7 Å². The molecule has 4 nitrogen and oxygen atoms in total. The van der Waals surface area contributed by atoms with E-state index in [0.29, 0.717) is 0 Å². The quantitative estimate of drug-likeness (QED) is 0.692. The fourth-order valence-electron chi connectivity index (χ4n) is 1.03. The smallest absolute Gasteiger partial charge is 0.157 e. The molecule has 0 aliphatic rings. The largest absolute Gasteiger partial charge is 0.504 e. The van der Waals surface area contributed by atoms with Crippen molar-refractivity contribution in [3.05, 3.63) is 23.8 Å². The summed E-state index contributed by atoms with van der Waals surface area (Å²) in [5.41, 5.74) is 0.0961. The van der Waals surface area contributed by atoms with Gasteiger partial charge in [0.1, 0.15) is 0 Å². The topological polar surface area (TPSA) is 63.9 Å². The molecule has 0 bridgehead atoms. The van der Waals surface area contributed by atoms with Gasteiger partial charge in [-0.2, -0.15) is 0 Å². The highest BCUT2D eigenvalue weighted by Gasteiger charge is 2.10. The maximum absolute atomic E-state index is 9.90. The lowest BCUT2D eigenvalue weighted by atomic mass is 10.1. The van der Waals surface area contributed by atoms with E-state index < -0.39 is 38.1 Å². The first-order valence-electron chi connectivity index (χ1n) is 6.90. The first-order valence-corrected chi connectivity index (χ1v) is 3.90. The Kier molecular flexibility index (Phi) is 2.54. The van der Waals surface area contributed by atoms with Gasteiger partial charge in [0, 0.05) is 14.8 Å². The summed E-state index contributed by atoms with van der Waals surface area (Å²) >= 11 is 0. The van der Waals surface area contributed by atoms with Crippen LogP contribution in [0.3, 0.4) is 0 Å². The molecule has 0 aliphatic heterocycles. The van der Waals surface area contributed by atoms with Crippen LogP contribution >= 0.6 is 12.4 Å². The second-order valence-corrected chi connectivity index (χ2v) is 2.87. The molecule has 0 amide bonds. The maximum atomic E-state index is 9.90. The summed E-state index contributed by atoms with van der Waals surface area (Å²) in [5.74, 6) is -0.889. The summed E-state index contributed by atoms with van der Waals surface area (Å²) in [7, 11) is 0. The Balaban J connectivity index is 0.00000400. The van der Waals surface area contributed by atoms with Gasteiger partial charge in [-0.3, -0.25) is 0 Å². The molecule has 3 N–H and O–H groups in total. The van der Waals surface area contributed by atoms with Crippen LogP contribution in [0, 0.1) is 0 Å². The molecular weight excluding hydrogens is 218 g/mol. The van der Waals surface area contributed by atoms with E-state index in [1.165, 1.54) is 6.07 Å². The molecule has 1 atom stereocenters. The monoisotopic (exact) mass is 239 g/mol. The average molecular weight is 240 g/mol. The summed E-state index contributed by atoms with van der Waals surface area (Å²) < 4.78 is 43.1. The van der Waals surface area contributed by atoms with E-state index in [9.17, 15) is 10.2 Å². The third-order valence-corrected chi connectivity index (χ3v) is 1.74. The van der Waals surface area contributed by atoms with Crippen LogP contribution in [0.15, 0.2) is 18.2 Å². The molecule has 0 heterocycles. The zero-order valence-electron chi connectivity index (χ0n) is 13.7. The number of aliphatic hydroxyl groups excluding tert-OH is 1. The number of halogens is 1. The van der Waals surface area contributed by atoms with Crippen LogP contribution in [0.1, 0.15) is 19.9 Å². The van der Waals surface area contributed by atoms with Gasteiger partial charge in [0.15, 0.2) is 11.5 Å². The van der Waals surface area contributed by atoms with Crippen molar-refractivity contribution in [2.45, 2.75) is 6.10 Å². The highest BCUT2D eigenvalue weighted by Crippen LogP contribution is 2.27. The second-order valence-electron chi connectivity index (χ2n) is 2.87. The number of phenolic OH excluding ortho intramolecular Hbond substituents is 2. The number of phenols is 2. The molecule has 0 fully saturated rings. The van der Waals surface area contributed by atoms with Crippen molar-refractivity contribution in [2.75, 3.05) is 20.5 Å². The van der Waals surface area contributed by atoms with Gasteiger partial charge in [-0.15, -0.1) is 12.4 Å². The zero-order valence-corrected chi connectivity index (χ0v) is 8.53. The third kappa shape index (κ3) is 3.95. The fourth-order valence-corrected chi connectivity index (χ4v) is 1.03. The normalized spacial score (nSPS) is 19.9. The minimum atomic E-state index is -2.90. The average Bonchev–Trinajstić information content (AvgIpc) is 2.26. The SMILES string of the molecule is Cl.[2H]C([2H])([2H])N(CC(O)c1ccc(O)c(O)c1)C([2H])([2H])[2H]. The molecular formula is C10H16ClNO3. The van der Waals surface area contributed by atoms with E-state index in [0.717, 1.165) is 12.1 Å². The van der Waals surface area contributed by atoms with E-state index in [1.54, 1.807) is 0 Å². The Morgan fingerprint density at radius 3 is 2.53 bits per heavy atom. The molecule has 0 saturated carbocycles. The van der Waals surface area contributed by atoms with Gasteiger partial charge in [-0.1, -0.05) is 6.07 Å². The number of nitrogens with zero attached hydrogens (tertiary/aromatic N) is 1. The second kappa shape index (κ2) is 5.80. The van der Waals surface area contributed by atoms with Gasteiger partial charge in [0.05, 0.1) is 6.10 Å². The Hall–Kier alpha value is -0.970. The van der Waals surface area contributed by atoms with Crippen LogP contribution < -0.4 is 0 Å².